The molecule has 5 nitrogen and oxygen atoms in total. The summed E-state index contributed by atoms with van der Waals surface area (Å²) < 4.78 is 27.4. The lowest BCUT2D eigenvalue weighted by molar-refractivity contribution is 0.0702. The van der Waals surface area contributed by atoms with Crippen molar-refractivity contribution >= 4 is 54.6 Å². The monoisotopic (exact) mass is 395 g/mol. The van der Waals surface area contributed by atoms with Crippen LogP contribution in [0.4, 0.5) is 0 Å². The molecule has 2 aromatic rings. The molecular weight excluding hydrogens is 386 g/mol. The number of carboxylic acid groups (broad SMARTS) is 1. The summed E-state index contributed by atoms with van der Waals surface area (Å²) in [5, 5.41) is 10.8. The van der Waals surface area contributed by atoms with Crippen molar-refractivity contribution in [3.05, 3.63) is 37.1 Å². The van der Waals surface area contributed by atoms with Gasteiger partial charge in [-0.1, -0.05) is 6.07 Å². The third-order valence-electron chi connectivity index (χ3n) is 2.46. The zero-order chi connectivity index (χ0) is 14.9. The minimum absolute atomic E-state index is 0.0268. The van der Waals surface area contributed by atoms with Crippen LogP contribution < -0.4 is 4.72 Å². The molecule has 0 aromatic carbocycles. The minimum Gasteiger partial charge on any atom is -0.477 e. The molecular formula is C11H10BrNO4S3. The quantitative estimate of drug-likeness (QED) is 0.812. The van der Waals surface area contributed by atoms with Crippen molar-refractivity contribution in [2.75, 3.05) is 0 Å². The first kappa shape index (κ1) is 15.6. The van der Waals surface area contributed by atoms with Crippen molar-refractivity contribution in [2.24, 2.45) is 0 Å². The minimum atomic E-state index is -3.77. The number of hydrogen-bond acceptors (Lipinski definition) is 5. The molecule has 0 saturated carbocycles. The summed E-state index contributed by atoms with van der Waals surface area (Å²) in [5.41, 5.74) is 0. The van der Waals surface area contributed by atoms with Crippen LogP contribution in [0.15, 0.2) is 32.3 Å². The van der Waals surface area contributed by atoms with E-state index in [0.717, 1.165) is 22.3 Å². The molecule has 0 bridgehead atoms. The van der Waals surface area contributed by atoms with Crippen molar-refractivity contribution < 1.29 is 18.3 Å². The smallest absolute Gasteiger partial charge is 0.345 e. The summed E-state index contributed by atoms with van der Waals surface area (Å²) >= 11 is 5.42. The number of carbonyl (C=O) groups is 1. The average molecular weight is 396 g/mol. The molecule has 0 saturated heterocycles. The summed E-state index contributed by atoms with van der Waals surface area (Å²) in [6.45, 7) is 1.74. The van der Waals surface area contributed by atoms with Crippen molar-refractivity contribution in [3.8, 4) is 0 Å². The first-order valence-corrected chi connectivity index (χ1v) is 9.37. The normalized spacial score (nSPS) is 13.3. The molecule has 1 atom stereocenters. The van der Waals surface area contributed by atoms with E-state index >= 15 is 0 Å². The number of halogens is 1. The maximum Gasteiger partial charge on any atom is 0.345 e. The fourth-order valence-electron chi connectivity index (χ4n) is 1.53. The topological polar surface area (TPSA) is 83.5 Å². The van der Waals surface area contributed by atoms with E-state index in [2.05, 4.69) is 20.7 Å². The van der Waals surface area contributed by atoms with Crippen LogP contribution in [0.2, 0.25) is 0 Å². The van der Waals surface area contributed by atoms with Crippen LogP contribution in [-0.2, 0) is 10.0 Å². The standard InChI is InChI=1S/C11H10BrNO4S3/c1-6(7-3-2-4-18-7)13-20(16,17)9-5-8(11(14)15)19-10(9)12/h2-6,13H,1H3,(H,14,15)/t6-/m1/s1. The zero-order valence-electron chi connectivity index (χ0n) is 10.2. The number of nitrogens with one attached hydrogen (secondary N) is 1. The Balaban J connectivity index is 2.29. The molecule has 0 fully saturated rings. The molecule has 0 spiro atoms. The molecule has 0 unspecified atom stereocenters. The Hall–Kier alpha value is -0.740. The highest BCUT2D eigenvalue weighted by atomic mass is 79.9. The van der Waals surface area contributed by atoms with Gasteiger partial charge in [-0.2, -0.15) is 0 Å². The average Bonchev–Trinajstić information content (AvgIpc) is 2.96. The summed E-state index contributed by atoms with van der Waals surface area (Å²) in [6.07, 6.45) is 0. The van der Waals surface area contributed by atoms with Gasteiger partial charge in [-0.25, -0.2) is 17.9 Å². The van der Waals surface area contributed by atoms with E-state index in [-0.39, 0.29) is 19.6 Å². The Morgan fingerprint density at radius 2 is 2.20 bits per heavy atom. The predicted octanol–water partition coefficient (Wildman–Crippen LogP) is 3.31. The molecule has 9 heteroatoms. The van der Waals surface area contributed by atoms with Crippen molar-refractivity contribution in [2.45, 2.75) is 17.9 Å². The number of rotatable bonds is 5. The van der Waals surface area contributed by atoms with Gasteiger partial charge in [-0.05, 0) is 40.4 Å². The highest BCUT2D eigenvalue weighted by molar-refractivity contribution is 9.11. The van der Waals surface area contributed by atoms with E-state index in [1.54, 1.807) is 6.92 Å². The largest absolute Gasteiger partial charge is 0.477 e. The van der Waals surface area contributed by atoms with Gasteiger partial charge in [0, 0.05) is 4.88 Å². The molecule has 0 aliphatic rings. The Morgan fingerprint density at radius 3 is 2.70 bits per heavy atom. The van der Waals surface area contributed by atoms with Crippen molar-refractivity contribution in [1.29, 1.82) is 0 Å². The third kappa shape index (κ3) is 3.29. The number of aromatic carboxylic acids is 1. The van der Waals surface area contributed by atoms with Crippen molar-refractivity contribution in [1.82, 2.24) is 4.72 Å². The van der Waals surface area contributed by atoms with Crippen LogP contribution >= 0.6 is 38.6 Å². The van der Waals surface area contributed by atoms with E-state index in [0.29, 0.717) is 0 Å². The van der Waals surface area contributed by atoms with Crippen LogP contribution in [0.25, 0.3) is 0 Å². The van der Waals surface area contributed by atoms with Gasteiger partial charge in [-0.3, -0.25) is 0 Å². The number of carboxylic acids is 1. The van der Waals surface area contributed by atoms with Crippen LogP contribution in [-0.4, -0.2) is 19.5 Å². The van der Waals surface area contributed by atoms with Gasteiger partial charge >= 0.3 is 5.97 Å². The molecule has 2 N–H and O–H groups in total. The second-order valence-corrected chi connectivity index (χ2v) is 8.94. The predicted molar refractivity (Wildman–Crippen MR) is 82.0 cm³/mol. The van der Waals surface area contributed by atoms with Gasteiger partial charge in [0.15, 0.2) is 0 Å². The van der Waals surface area contributed by atoms with E-state index < -0.39 is 16.0 Å². The van der Waals surface area contributed by atoms with E-state index in [1.165, 1.54) is 11.3 Å². The van der Waals surface area contributed by atoms with Gasteiger partial charge < -0.3 is 5.11 Å². The second kappa shape index (κ2) is 5.94. The Bertz CT molecular complexity index is 721. The summed E-state index contributed by atoms with van der Waals surface area (Å²) in [7, 11) is -3.77. The lowest BCUT2D eigenvalue weighted by Crippen LogP contribution is -2.26. The fourth-order valence-corrected chi connectivity index (χ4v) is 5.97. The lowest BCUT2D eigenvalue weighted by atomic mass is 10.3. The van der Waals surface area contributed by atoms with Gasteiger partial charge in [0.2, 0.25) is 10.0 Å². The number of thiophene rings is 2. The highest BCUT2D eigenvalue weighted by Gasteiger charge is 2.25. The Labute approximate surface area is 132 Å². The van der Waals surface area contributed by atoms with Crippen LogP contribution in [0.1, 0.15) is 27.5 Å². The summed E-state index contributed by atoms with van der Waals surface area (Å²) in [5.74, 6) is -1.15. The SMILES string of the molecule is C[C@@H](NS(=O)(=O)c1cc(C(=O)O)sc1Br)c1cccs1. The molecule has 108 valence electrons. The first-order chi connectivity index (χ1) is 9.31. The Kier molecular flexibility index (Phi) is 4.65. The molecule has 2 rings (SSSR count). The van der Waals surface area contributed by atoms with E-state index in [1.807, 2.05) is 17.5 Å². The maximum absolute atomic E-state index is 12.3. The van der Waals surface area contributed by atoms with Crippen LogP contribution in [0.5, 0.6) is 0 Å². The maximum atomic E-state index is 12.3. The van der Waals surface area contributed by atoms with Gasteiger partial charge in [0.05, 0.1) is 9.83 Å². The fraction of sp³-hybridized carbons (Fsp3) is 0.182. The zero-order valence-corrected chi connectivity index (χ0v) is 14.2. The third-order valence-corrected chi connectivity index (χ3v) is 7.29. The van der Waals surface area contributed by atoms with Gasteiger partial charge in [-0.15, -0.1) is 22.7 Å². The molecule has 0 radical (unpaired) electrons. The summed E-state index contributed by atoms with van der Waals surface area (Å²) in [4.78, 5) is 11.7. The molecule has 0 amide bonds. The van der Waals surface area contributed by atoms with E-state index in [9.17, 15) is 13.2 Å². The summed E-state index contributed by atoms with van der Waals surface area (Å²) in [6, 6.07) is 4.46. The Morgan fingerprint density at radius 1 is 1.50 bits per heavy atom. The van der Waals surface area contributed by atoms with E-state index in [4.69, 9.17) is 5.11 Å². The first-order valence-electron chi connectivity index (χ1n) is 5.39. The molecule has 2 aromatic heterocycles. The van der Waals surface area contributed by atoms with Gasteiger partial charge in [0.25, 0.3) is 0 Å². The second-order valence-electron chi connectivity index (χ2n) is 3.91. The van der Waals surface area contributed by atoms with Crippen LogP contribution in [0, 0.1) is 0 Å². The molecule has 2 heterocycles. The molecule has 0 aliphatic carbocycles. The highest BCUT2D eigenvalue weighted by Crippen LogP contribution is 2.32. The number of hydrogen-bond donors (Lipinski definition) is 2. The van der Waals surface area contributed by atoms with Gasteiger partial charge in [0.1, 0.15) is 9.77 Å². The van der Waals surface area contributed by atoms with Crippen molar-refractivity contribution in [3.63, 3.8) is 0 Å². The van der Waals surface area contributed by atoms with Crippen LogP contribution in [0.3, 0.4) is 0 Å². The molecule has 20 heavy (non-hydrogen) atoms. The lowest BCUT2D eigenvalue weighted by Gasteiger charge is -2.12. The molecule has 0 aliphatic heterocycles. The number of sulfonamides is 1.